The Labute approximate surface area is 78.7 Å². The van der Waals surface area contributed by atoms with Gasteiger partial charge in [-0.15, -0.1) is 0 Å². The summed E-state index contributed by atoms with van der Waals surface area (Å²) in [6.07, 6.45) is 3.24. The Bertz CT molecular complexity index is 231. The third-order valence-corrected chi connectivity index (χ3v) is 4.57. The Morgan fingerprint density at radius 3 is 3.08 bits per heavy atom. The maximum absolute atomic E-state index is 10.5. The molecule has 1 aliphatic heterocycles. The van der Waals surface area contributed by atoms with E-state index in [0.717, 1.165) is 24.8 Å². The zero-order valence-electron chi connectivity index (χ0n) is 7.87. The molecule has 3 aliphatic rings. The van der Waals surface area contributed by atoms with Gasteiger partial charge in [0.15, 0.2) is 0 Å². The van der Waals surface area contributed by atoms with E-state index in [1.54, 1.807) is 0 Å². The molecule has 0 aromatic heterocycles. The molecular weight excluding hydrogens is 164 g/mol. The predicted molar refractivity (Wildman–Crippen MR) is 50.1 cm³/mol. The van der Waals surface area contributed by atoms with Crippen LogP contribution in [0.25, 0.3) is 0 Å². The standard InChI is InChI=1S/C10H18N2O/c11-2-1-10(13)7-3-6-5-12-9(10)8(6)4-7/h6-9,12-13H,1-5,11H2. The van der Waals surface area contributed by atoms with Gasteiger partial charge < -0.3 is 16.2 Å². The fourth-order valence-electron chi connectivity index (χ4n) is 4.03. The summed E-state index contributed by atoms with van der Waals surface area (Å²) in [6.45, 7) is 1.74. The fraction of sp³-hybridized carbons (Fsp3) is 1.00. The number of nitrogens with one attached hydrogen (secondary N) is 1. The van der Waals surface area contributed by atoms with Crippen LogP contribution in [0.2, 0.25) is 0 Å². The molecule has 3 nitrogen and oxygen atoms in total. The van der Waals surface area contributed by atoms with Gasteiger partial charge in [-0.25, -0.2) is 0 Å². The Balaban J connectivity index is 1.91. The normalized spacial score (nSPS) is 57.7. The van der Waals surface area contributed by atoms with E-state index in [9.17, 15) is 5.11 Å². The van der Waals surface area contributed by atoms with Crippen molar-refractivity contribution in [3.8, 4) is 0 Å². The molecule has 1 heterocycles. The second-order valence-corrected chi connectivity index (χ2v) is 5.01. The maximum atomic E-state index is 10.5. The van der Waals surface area contributed by atoms with E-state index in [1.165, 1.54) is 12.8 Å². The summed E-state index contributed by atoms with van der Waals surface area (Å²) in [6, 6.07) is 0.361. The molecule has 2 saturated carbocycles. The van der Waals surface area contributed by atoms with Crippen LogP contribution in [0.3, 0.4) is 0 Å². The van der Waals surface area contributed by atoms with Crippen molar-refractivity contribution in [1.82, 2.24) is 5.32 Å². The predicted octanol–water partition coefficient (Wildman–Crippen LogP) is -0.306. The van der Waals surface area contributed by atoms with Crippen LogP contribution in [0.4, 0.5) is 0 Å². The molecule has 0 aromatic rings. The highest BCUT2D eigenvalue weighted by atomic mass is 16.3. The van der Waals surface area contributed by atoms with Gasteiger partial charge in [0, 0.05) is 6.04 Å². The van der Waals surface area contributed by atoms with E-state index in [-0.39, 0.29) is 0 Å². The maximum Gasteiger partial charge on any atom is 0.0843 e. The highest BCUT2D eigenvalue weighted by molar-refractivity contribution is 5.17. The van der Waals surface area contributed by atoms with Crippen LogP contribution < -0.4 is 11.1 Å². The molecule has 1 saturated heterocycles. The summed E-state index contributed by atoms with van der Waals surface area (Å²) in [5.41, 5.74) is 5.10. The van der Waals surface area contributed by atoms with Crippen LogP contribution in [0.5, 0.6) is 0 Å². The zero-order chi connectivity index (χ0) is 9.05. The molecular formula is C10H18N2O. The lowest BCUT2D eigenvalue weighted by molar-refractivity contribution is -0.0364. The number of nitrogens with two attached hydrogens (primary N) is 1. The van der Waals surface area contributed by atoms with Crippen molar-refractivity contribution in [3.63, 3.8) is 0 Å². The van der Waals surface area contributed by atoms with E-state index in [2.05, 4.69) is 5.32 Å². The first-order chi connectivity index (χ1) is 6.25. The van der Waals surface area contributed by atoms with Crippen LogP contribution in [0.15, 0.2) is 0 Å². The molecule has 2 bridgehead atoms. The molecule has 2 aliphatic carbocycles. The average molecular weight is 182 g/mol. The van der Waals surface area contributed by atoms with Gasteiger partial charge in [-0.05, 0) is 50.1 Å². The van der Waals surface area contributed by atoms with E-state index < -0.39 is 5.60 Å². The van der Waals surface area contributed by atoms with E-state index in [4.69, 9.17) is 5.73 Å². The minimum absolute atomic E-state index is 0.361. The summed E-state index contributed by atoms with van der Waals surface area (Å²) in [7, 11) is 0. The van der Waals surface area contributed by atoms with Gasteiger partial charge in [0.25, 0.3) is 0 Å². The lowest BCUT2D eigenvalue weighted by Crippen LogP contribution is -2.51. The van der Waals surface area contributed by atoms with Crippen molar-refractivity contribution in [2.24, 2.45) is 23.5 Å². The van der Waals surface area contributed by atoms with Crippen molar-refractivity contribution in [1.29, 1.82) is 0 Å². The first kappa shape index (κ1) is 8.21. The molecule has 74 valence electrons. The molecule has 5 unspecified atom stereocenters. The minimum Gasteiger partial charge on any atom is -0.388 e. The average Bonchev–Trinajstić information content (AvgIpc) is 2.63. The largest absolute Gasteiger partial charge is 0.388 e. The second kappa shape index (κ2) is 2.47. The molecule has 3 heteroatoms. The molecule has 5 atom stereocenters. The third kappa shape index (κ3) is 0.853. The van der Waals surface area contributed by atoms with Crippen molar-refractivity contribution >= 4 is 0 Å². The molecule has 0 amide bonds. The Kier molecular flexibility index (Phi) is 1.56. The lowest BCUT2D eigenvalue weighted by atomic mass is 9.76. The first-order valence-electron chi connectivity index (χ1n) is 5.41. The smallest absolute Gasteiger partial charge is 0.0843 e. The second-order valence-electron chi connectivity index (χ2n) is 5.01. The van der Waals surface area contributed by atoms with Crippen LogP contribution in [0, 0.1) is 17.8 Å². The summed E-state index contributed by atoms with van der Waals surface area (Å²) >= 11 is 0. The van der Waals surface area contributed by atoms with Gasteiger partial charge in [-0.3, -0.25) is 0 Å². The zero-order valence-corrected chi connectivity index (χ0v) is 7.87. The summed E-state index contributed by atoms with van der Waals surface area (Å²) in [5, 5.41) is 14.0. The van der Waals surface area contributed by atoms with Gasteiger partial charge in [-0.1, -0.05) is 0 Å². The molecule has 0 radical (unpaired) electrons. The van der Waals surface area contributed by atoms with Crippen molar-refractivity contribution in [2.75, 3.05) is 13.1 Å². The topological polar surface area (TPSA) is 58.3 Å². The van der Waals surface area contributed by atoms with Crippen molar-refractivity contribution < 1.29 is 5.11 Å². The van der Waals surface area contributed by atoms with Gasteiger partial charge in [0.1, 0.15) is 0 Å². The minimum atomic E-state index is -0.466. The Hall–Kier alpha value is -0.120. The molecule has 13 heavy (non-hydrogen) atoms. The lowest BCUT2D eigenvalue weighted by Gasteiger charge is -2.37. The quantitative estimate of drug-likeness (QED) is 0.549. The van der Waals surface area contributed by atoms with Crippen molar-refractivity contribution in [2.45, 2.75) is 30.9 Å². The third-order valence-electron chi connectivity index (χ3n) is 4.57. The van der Waals surface area contributed by atoms with E-state index in [0.29, 0.717) is 18.5 Å². The van der Waals surface area contributed by atoms with E-state index in [1.807, 2.05) is 0 Å². The monoisotopic (exact) mass is 182 g/mol. The fourth-order valence-corrected chi connectivity index (χ4v) is 4.03. The number of hydrogen-bond donors (Lipinski definition) is 3. The van der Waals surface area contributed by atoms with Gasteiger partial charge in [0.2, 0.25) is 0 Å². The SMILES string of the molecule is NCCC1(O)C2CC3CNC1C3C2. The van der Waals surface area contributed by atoms with Crippen LogP contribution in [0.1, 0.15) is 19.3 Å². The summed E-state index contributed by atoms with van der Waals surface area (Å²) in [4.78, 5) is 0. The molecule has 0 aromatic carbocycles. The highest BCUT2D eigenvalue weighted by Crippen LogP contribution is 2.57. The van der Waals surface area contributed by atoms with Crippen molar-refractivity contribution in [3.05, 3.63) is 0 Å². The summed E-state index contributed by atoms with van der Waals surface area (Å²) in [5.74, 6) is 2.14. The number of fused-ring (bicyclic) bond motifs is 1. The number of aliphatic hydroxyl groups is 1. The number of hydrogen-bond acceptors (Lipinski definition) is 3. The summed E-state index contributed by atoms with van der Waals surface area (Å²) < 4.78 is 0. The molecule has 0 spiro atoms. The van der Waals surface area contributed by atoms with Crippen LogP contribution in [-0.4, -0.2) is 29.8 Å². The molecule has 3 fully saturated rings. The van der Waals surface area contributed by atoms with Crippen LogP contribution >= 0.6 is 0 Å². The van der Waals surface area contributed by atoms with Gasteiger partial charge >= 0.3 is 0 Å². The Morgan fingerprint density at radius 1 is 1.46 bits per heavy atom. The van der Waals surface area contributed by atoms with E-state index >= 15 is 0 Å². The molecule has 3 rings (SSSR count). The highest BCUT2D eigenvalue weighted by Gasteiger charge is 2.62. The van der Waals surface area contributed by atoms with Gasteiger partial charge in [-0.2, -0.15) is 0 Å². The molecule has 4 N–H and O–H groups in total. The number of rotatable bonds is 2. The first-order valence-corrected chi connectivity index (χ1v) is 5.41. The van der Waals surface area contributed by atoms with Gasteiger partial charge in [0.05, 0.1) is 5.60 Å². The van der Waals surface area contributed by atoms with Crippen LogP contribution in [-0.2, 0) is 0 Å². The Morgan fingerprint density at radius 2 is 2.31 bits per heavy atom.